The Hall–Kier alpha value is -5.31. The number of allylic oxidation sites excluding steroid dienone is 1. The first kappa shape index (κ1) is 47.2. The Bertz CT molecular complexity index is 2640. The average molecular weight is 963 g/mol. The second kappa shape index (κ2) is 18.8. The zero-order chi connectivity index (χ0) is 47.1. The molecule has 4 amide bonds. The second-order valence-electron chi connectivity index (χ2n) is 18.9. The molecule has 2 fully saturated rings. The van der Waals surface area contributed by atoms with Gasteiger partial charge in [-0.2, -0.15) is 4.31 Å². The lowest BCUT2D eigenvalue weighted by Crippen LogP contribution is -2.59. The van der Waals surface area contributed by atoms with E-state index in [0.717, 1.165) is 22.9 Å². The van der Waals surface area contributed by atoms with Crippen molar-refractivity contribution in [1.82, 2.24) is 35.1 Å². The Balaban J connectivity index is 1.08. The number of ether oxygens (including phenoxy) is 2. The van der Waals surface area contributed by atoms with Crippen molar-refractivity contribution >= 4 is 72.5 Å². The Morgan fingerprint density at radius 2 is 1.88 bits per heavy atom. The number of pyridine rings is 1. The van der Waals surface area contributed by atoms with E-state index in [1.807, 2.05) is 58.2 Å². The van der Waals surface area contributed by atoms with Crippen LogP contribution in [0.4, 0.5) is 9.93 Å². The number of sulfonamides is 1. The van der Waals surface area contributed by atoms with Gasteiger partial charge in [-0.3, -0.25) is 9.59 Å². The Labute approximate surface area is 392 Å². The molecule has 1 aromatic carbocycles. The summed E-state index contributed by atoms with van der Waals surface area (Å²) in [6, 6.07) is 5.46. The molecule has 66 heavy (non-hydrogen) atoms. The normalized spacial score (nSPS) is 25.4. The van der Waals surface area contributed by atoms with Gasteiger partial charge in [0, 0.05) is 65.3 Å². The third-order valence-electron chi connectivity index (χ3n) is 12.8. The number of benzene rings is 1. The number of aliphatic carboxylic acids is 1. The van der Waals surface area contributed by atoms with E-state index in [4.69, 9.17) is 19.4 Å². The summed E-state index contributed by atoms with van der Waals surface area (Å²) < 4.78 is 40.5. The second-order valence-corrected chi connectivity index (χ2v) is 22.7. The summed E-state index contributed by atoms with van der Waals surface area (Å²) >= 11 is 2.82. The van der Waals surface area contributed by atoms with Gasteiger partial charge < -0.3 is 40.7 Å². The number of hydrogen-bond acceptors (Lipinski definition) is 13. The number of rotatable bonds is 11. The molecule has 20 heteroatoms. The number of anilines is 1. The number of urea groups is 1. The van der Waals surface area contributed by atoms with Crippen LogP contribution in [0.3, 0.4) is 0 Å². The van der Waals surface area contributed by atoms with E-state index < -0.39 is 74.9 Å². The van der Waals surface area contributed by atoms with Crippen molar-refractivity contribution < 1.29 is 42.2 Å². The largest absolute Gasteiger partial charge is 0.497 e. The van der Waals surface area contributed by atoms with Crippen LogP contribution in [0.2, 0.25) is 0 Å². The van der Waals surface area contributed by atoms with E-state index in [1.54, 1.807) is 36.8 Å². The molecule has 354 valence electrons. The SMILES string of the molecule is COc1ccc2c(O[C@@H]3C[C@H]4C(=O)N[C@]5(C(=O)O)CC5/C=C\CCCCC[C@H](NC(=O)NC(CN5Cc6sccc6S5(=O)=O)C(C)(C)C)C(=O)N4C3)cc(-c3csc(NC(C)C)n3)nc2c1. The number of thiophene rings is 1. The highest BCUT2D eigenvalue weighted by Crippen LogP contribution is 2.46. The fourth-order valence-corrected chi connectivity index (χ4v) is 12.7. The summed E-state index contributed by atoms with van der Waals surface area (Å²) in [6.45, 7) is 9.96. The molecule has 5 N–H and O–H groups in total. The number of methoxy groups -OCH3 is 1. The van der Waals surface area contributed by atoms with Gasteiger partial charge in [-0.05, 0) is 68.5 Å². The molecule has 1 aliphatic carbocycles. The van der Waals surface area contributed by atoms with Crippen molar-refractivity contribution in [2.24, 2.45) is 11.3 Å². The molecule has 8 rings (SSSR count). The fraction of sp³-hybridized carbons (Fsp3) is 0.522. The molecular formula is C46H58N8O9S3. The summed E-state index contributed by atoms with van der Waals surface area (Å²) in [5, 5.41) is 27.5. The number of carboxylic acids is 1. The number of amides is 4. The van der Waals surface area contributed by atoms with Gasteiger partial charge in [-0.15, -0.1) is 22.7 Å². The summed E-state index contributed by atoms with van der Waals surface area (Å²) in [7, 11) is -2.18. The number of aromatic nitrogens is 2. The molecule has 1 saturated heterocycles. The number of fused-ring (bicyclic) bond motifs is 4. The van der Waals surface area contributed by atoms with E-state index in [9.17, 15) is 32.7 Å². The number of thiazole rings is 1. The minimum Gasteiger partial charge on any atom is -0.497 e. The number of carboxylic acid groups (broad SMARTS) is 1. The lowest BCUT2D eigenvalue weighted by atomic mass is 9.86. The minimum absolute atomic E-state index is 0.0170. The molecule has 0 radical (unpaired) electrons. The quantitative estimate of drug-likeness (QED) is 0.104. The molecule has 0 bridgehead atoms. The van der Waals surface area contributed by atoms with Crippen molar-refractivity contribution in [3.63, 3.8) is 0 Å². The predicted octanol–water partition coefficient (Wildman–Crippen LogP) is 6.36. The van der Waals surface area contributed by atoms with Gasteiger partial charge in [0.05, 0.1) is 29.8 Å². The summed E-state index contributed by atoms with van der Waals surface area (Å²) in [5.41, 5.74) is -0.355. The maximum Gasteiger partial charge on any atom is 0.330 e. The number of nitrogens with one attached hydrogen (secondary N) is 4. The zero-order valence-electron chi connectivity index (χ0n) is 38.0. The Morgan fingerprint density at radius 3 is 2.61 bits per heavy atom. The van der Waals surface area contributed by atoms with Gasteiger partial charge in [-0.1, -0.05) is 45.8 Å². The molecule has 4 aromatic rings. The smallest absolute Gasteiger partial charge is 0.330 e. The molecule has 0 spiro atoms. The summed E-state index contributed by atoms with van der Waals surface area (Å²) in [5.74, 6) is -1.67. The van der Waals surface area contributed by atoms with Gasteiger partial charge in [0.25, 0.3) is 0 Å². The van der Waals surface area contributed by atoms with Gasteiger partial charge in [-0.25, -0.2) is 28.0 Å². The Morgan fingerprint density at radius 1 is 1.08 bits per heavy atom. The Kier molecular flexibility index (Phi) is 13.4. The van der Waals surface area contributed by atoms with Crippen molar-refractivity contribution in [2.45, 2.75) is 127 Å². The van der Waals surface area contributed by atoms with Gasteiger partial charge in [0.15, 0.2) is 5.13 Å². The van der Waals surface area contributed by atoms with Crippen LogP contribution in [-0.2, 0) is 31.0 Å². The first-order valence-electron chi connectivity index (χ1n) is 22.4. The van der Waals surface area contributed by atoms with Crippen LogP contribution in [0.1, 0.15) is 84.4 Å². The predicted molar refractivity (Wildman–Crippen MR) is 252 cm³/mol. The zero-order valence-corrected chi connectivity index (χ0v) is 40.4. The average Bonchev–Trinajstić information content (AvgIpc) is 3.73. The van der Waals surface area contributed by atoms with Crippen molar-refractivity contribution in [3.8, 4) is 22.9 Å². The van der Waals surface area contributed by atoms with Crippen LogP contribution >= 0.6 is 22.7 Å². The first-order valence-corrected chi connectivity index (χ1v) is 25.6. The number of nitrogens with zero attached hydrogens (tertiary/aromatic N) is 4. The number of hydrogen-bond donors (Lipinski definition) is 5. The van der Waals surface area contributed by atoms with Crippen LogP contribution in [-0.4, -0.2) is 113 Å². The van der Waals surface area contributed by atoms with E-state index >= 15 is 0 Å². The van der Waals surface area contributed by atoms with Crippen LogP contribution in [0, 0.1) is 11.3 Å². The lowest BCUT2D eigenvalue weighted by molar-refractivity contribution is -0.145. The minimum atomic E-state index is -3.74. The highest BCUT2D eigenvalue weighted by atomic mass is 32.2. The molecule has 17 nitrogen and oxygen atoms in total. The van der Waals surface area contributed by atoms with E-state index in [2.05, 4.69) is 21.3 Å². The molecule has 6 heterocycles. The molecule has 3 aromatic heterocycles. The van der Waals surface area contributed by atoms with E-state index in [-0.39, 0.29) is 49.8 Å². The maximum atomic E-state index is 15.0. The van der Waals surface area contributed by atoms with Gasteiger partial charge in [0.1, 0.15) is 40.9 Å². The summed E-state index contributed by atoms with van der Waals surface area (Å²) in [4.78, 5) is 68.4. The third-order valence-corrected chi connectivity index (χ3v) is 16.5. The highest BCUT2D eigenvalue weighted by molar-refractivity contribution is 7.89. The molecular weight excluding hydrogens is 905 g/mol. The van der Waals surface area contributed by atoms with Crippen LogP contribution in [0.15, 0.2) is 58.1 Å². The summed E-state index contributed by atoms with van der Waals surface area (Å²) in [6.07, 6.45) is 6.36. The van der Waals surface area contributed by atoms with Crippen LogP contribution < -0.4 is 30.7 Å². The first-order chi connectivity index (χ1) is 31.4. The monoisotopic (exact) mass is 962 g/mol. The van der Waals surface area contributed by atoms with E-state index in [1.165, 1.54) is 31.9 Å². The van der Waals surface area contributed by atoms with Crippen molar-refractivity contribution in [2.75, 3.05) is 25.5 Å². The fourth-order valence-electron chi connectivity index (χ4n) is 8.88. The van der Waals surface area contributed by atoms with Gasteiger partial charge in [0.2, 0.25) is 21.8 Å². The molecule has 1 saturated carbocycles. The highest BCUT2D eigenvalue weighted by Gasteiger charge is 2.61. The van der Waals surface area contributed by atoms with Gasteiger partial charge >= 0.3 is 12.0 Å². The third kappa shape index (κ3) is 9.87. The number of carbonyl (C=O) groups excluding carboxylic acids is 3. The maximum absolute atomic E-state index is 15.0. The van der Waals surface area contributed by atoms with E-state index in [0.29, 0.717) is 46.6 Å². The molecule has 2 unspecified atom stereocenters. The van der Waals surface area contributed by atoms with Crippen LogP contribution in [0.25, 0.3) is 22.3 Å². The number of carbonyl (C=O) groups is 4. The molecule has 6 atom stereocenters. The topological polar surface area (TPSA) is 221 Å². The van der Waals surface area contributed by atoms with Crippen molar-refractivity contribution in [3.05, 3.63) is 58.1 Å². The lowest BCUT2D eigenvalue weighted by Gasteiger charge is -2.35. The molecule has 3 aliphatic heterocycles. The standard InChI is InChI=1S/C46H58N8O9S3/c1-26(2)47-44-50-34(25-65-44)33-20-36(30-15-14-28(62-6)18-32(30)48-33)63-29-19-35-40(55)52-46(42(57)58)21-27(46)12-10-8-7-9-11-13-31(41(56)54(35)22-29)49-43(59)51-39(45(3,4)5)24-53-23-37-38(16-17-64-37)66(53,60)61/h10,12,14-18,20,25-27,29,31,35,39H,7-9,11,13,19,21-24H2,1-6H3,(H,47,50)(H,52,55)(H,57,58)(H2,49,51,59)/b12-10-/t27?,29-,31+,35+,39?,46-/m1/s1. The van der Waals surface area contributed by atoms with Crippen molar-refractivity contribution in [1.29, 1.82) is 0 Å². The van der Waals surface area contributed by atoms with Crippen LogP contribution in [0.5, 0.6) is 11.5 Å². The molecule has 4 aliphatic rings.